The summed E-state index contributed by atoms with van der Waals surface area (Å²) in [7, 11) is 2.00. The minimum Gasteiger partial charge on any atom is -0.393 e. The smallest absolute Gasteiger partial charge is 0.292 e. The third-order valence-electron chi connectivity index (χ3n) is 3.64. The Morgan fingerprint density at radius 1 is 1.47 bits per heavy atom. The van der Waals surface area contributed by atoms with E-state index in [2.05, 4.69) is 10.2 Å². The molecule has 104 valence electrons. The molecule has 1 aromatic carbocycles. The Balaban J connectivity index is 2.04. The number of piperidine rings is 1. The van der Waals surface area contributed by atoms with Gasteiger partial charge >= 0.3 is 0 Å². The molecule has 1 fully saturated rings. The fraction of sp³-hybridized carbons (Fsp3) is 0.538. The normalized spacial score (nSPS) is 16.3. The molecule has 1 saturated heterocycles. The van der Waals surface area contributed by atoms with Gasteiger partial charge in [-0.2, -0.15) is 0 Å². The van der Waals surface area contributed by atoms with Crippen LogP contribution in [0.3, 0.4) is 0 Å². The van der Waals surface area contributed by atoms with E-state index in [0.717, 1.165) is 25.3 Å². The second-order valence-corrected chi connectivity index (χ2v) is 5.07. The number of rotatable bonds is 4. The first-order valence-electron chi connectivity index (χ1n) is 6.53. The molecule has 3 N–H and O–H groups in total. The van der Waals surface area contributed by atoms with E-state index in [1.165, 1.54) is 18.9 Å². The zero-order valence-electron chi connectivity index (χ0n) is 11.1. The first kappa shape index (κ1) is 13.6. The minimum absolute atomic E-state index is 0.0287. The Labute approximate surface area is 112 Å². The summed E-state index contributed by atoms with van der Waals surface area (Å²) in [5.74, 6) is 0.669. The average molecular weight is 264 g/mol. The van der Waals surface area contributed by atoms with Crippen LogP contribution in [0.25, 0.3) is 0 Å². The van der Waals surface area contributed by atoms with Crippen LogP contribution in [-0.2, 0) is 0 Å². The molecule has 0 aliphatic carbocycles. The van der Waals surface area contributed by atoms with E-state index in [9.17, 15) is 10.1 Å². The Morgan fingerprint density at radius 2 is 2.16 bits per heavy atom. The second-order valence-electron chi connectivity index (χ2n) is 5.07. The number of nitrogens with two attached hydrogens (primary N) is 1. The van der Waals surface area contributed by atoms with Gasteiger partial charge in [0.2, 0.25) is 0 Å². The van der Waals surface area contributed by atoms with Gasteiger partial charge in [-0.05, 0) is 44.0 Å². The molecule has 6 nitrogen and oxygen atoms in total. The standard InChI is InChI=1S/C13H20N4O2/c1-16(9-10-4-6-15-7-5-10)11-2-3-13(17(18)19)12(14)8-11/h2-3,8,10,15H,4-7,9,14H2,1H3. The van der Waals surface area contributed by atoms with Crippen LogP contribution in [0.2, 0.25) is 0 Å². The van der Waals surface area contributed by atoms with Crippen molar-refractivity contribution < 1.29 is 4.92 Å². The predicted molar refractivity (Wildman–Crippen MR) is 76.4 cm³/mol. The van der Waals surface area contributed by atoms with Crippen LogP contribution in [0.5, 0.6) is 0 Å². The van der Waals surface area contributed by atoms with E-state index in [4.69, 9.17) is 5.73 Å². The lowest BCUT2D eigenvalue weighted by Crippen LogP contribution is -2.34. The van der Waals surface area contributed by atoms with Gasteiger partial charge in [0.15, 0.2) is 0 Å². The lowest BCUT2D eigenvalue weighted by molar-refractivity contribution is -0.383. The van der Waals surface area contributed by atoms with Crippen molar-refractivity contribution in [1.29, 1.82) is 0 Å². The number of nitrogens with zero attached hydrogens (tertiary/aromatic N) is 2. The zero-order valence-corrected chi connectivity index (χ0v) is 11.1. The zero-order chi connectivity index (χ0) is 13.8. The molecular weight excluding hydrogens is 244 g/mol. The molecule has 1 aromatic rings. The summed E-state index contributed by atoms with van der Waals surface area (Å²) in [6.07, 6.45) is 2.35. The van der Waals surface area contributed by atoms with Crippen LogP contribution >= 0.6 is 0 Å². The van der Waals surface area contributed by atoms with Gasteiger partial charge in [-0.3, -0.25) is 10.1 Å². The van der Waals surface area contributed by atoms with Gasteiger partial charge in [0.25, 0.3) is 5.69 Å². The Hall–Kier alpha value is -1.82. The molecule has 6 heteroatoms. The van der Waals surface area contributed by atoms with E-state index in [0.29, 0.717) is 5.92 Å². The highest BCUT2D eigenvalue weighted by atomic mass is 16.6. The lowest BCUT2D eigenvalue weighted by atomic mass is 9.97. The topological polar surface area (TPSA) is 84.4 Å². The summed E-state index contributed by atoms with van der Waals surface area (Å²) < 4.78 is 0. The number of hydrogen-bond acceptors (Lipinski definition) is 5. The summed E-state index contributed by atoms with van der Waals surface area (Å²) >= 11 is 0. The van der Waals surface area contributed by atoms with E-state index >= 15 is 0 Å². The van der Waals surface area contributed by atoms with E-state index in [1.807, 2.05) is 7.05 Å². The van der Waals surface area contributed by atoms with Crippen molar-refractivity contribution in [2.45, 2.75) is 12.8 Å². The van der Waals surface area contributed by atoms with E-state index in [-0.39, 0.29) is 11.4 Å². The van der Waals surface area contributed by atoms with Crippen molar-refractivity contribution in [2.24, 2.45) is 5.92 Å². The Bertz CT molecular complexity index is 458. The average Bonchev–Trinajstić information content (AvgIpc) is 2.39. The quantitative estimate of drug-likeness (QED) is 0.490. The Kier molecular flexibility index (Phi) is 4.21. The second kappa shape index (κ2) is 5.88. The maximum atomic E-state index is 10.7. The van der Waals surface area contributed by atoms with Crippen LogP contribution in [0.15, 0.2) is 18.2 Å². The Morgan fingerprint density at radius 3 is 2.74 bits per heavy atom. The highest BCUT2D eigenvalue weighted by molar-refractivity contribution is 5.66. The van der Waals surface area contributed by atoms with Gasteiger partial charge in [-0.15, -0.1) is 0 Å². The highest BCUT2D eigenvalue weighted by Crippen LogP contribution is 2.27. The predicted octanol–water partition coefficient (Wildman–Crippen LogP) is 1.61. The third-order valence-corrected chi connectivity index (χ3v) is 3.64. The number of nitrogens with one attached hydrogen (secondary N) is 1. The summed E-state index contributed by atoms with van der Waals surface area (Å²) in [6, 6.07) is 4.92. The first-order valence-corrected chi connectivity index (χ1v) is 6.53. The van der Waals surface area contributed by atoms with Crippen molar-refractivity contribution in [3.63, 3.8) is 0 Å². The van der Waals surface area contributed by atoms with Crippen LogP contribution in [0, 0.1) is 16.0 Å². The highest BCUT2D eigenvalue weighted by Gasteiger charge is 2.17. The van der Waals surface area contributed by atoms with Crippen molar-refractivity contribution >= 4 is 17.1 Å². The van der Waals surface area contributed by atoms with Crippen molar-refractivity contribution in [1.82, 2.24) is 5.32 Å². The number of benzene rings is 1. The fourth-order valence-electron chi connectivity index (χ4n) is 2.50. The van der Waals surface area contributed by atoms with Gasteiger partial charge in [0, 0.05) is 25.3 Å². The molecule has 19 heavy (non-hydrogen) atoms. The molecule has 0 bridgehead atoms. The van der Waals surface area contributed by atoms with Crippen molar-refractivity contribution in [2.75, 3.05) is 37.3 Å². The molecule has 0 saturated carbocycles. The summed E-state index contributed by atoms with van der Waals surface area (Å²) in [4.78, 5) is 12.4. The van der Waals surface area contributed by atoms with Crippen LogP contribution < -0.4 is 16.0 Å². The lowest BCUT2D eigenvalue weighted by Gasteiger charge is -2.28. The number of anilines is 2. The number of nitrogen functional groups attached to an aromatic ring is 1. The first-order chi connectivity index (χ1) is 9.08. The largest absolute Gasteiger partial charge is 0.393 e. The minimum atomic E-state index is -0.452. The fourth-order valence-corrected chi connectivity index (χ4v) is 2.50. The van der Waals surface area contributed by atoms with Gasteiger partial charge < -0.3 is 16.0 Å². The SMILES string of the molecule is CN(CC1CCNCC1)c1ccc([N+](=O)[O-])c(N)c1. The van der Waals surface area contributed by atoms with E-state index < -0.39 is 4.92 Å². The van der Waals surface area contributed by atoms with Gasteiger partial charge in [0.1, 0.15) is 5.69 Å². The molecule has 0 aromatic heterocycles. The maximum Gasteiger partial charge on any atom is 0.292 e. The molecule has 1 aliphatic rings. The number of nitro groups is 1. The van der Waals surface area contributed by atoms with Gasteiger partial charge in [-0.25, -0.2) is 0 Å². The molecule has 1 aliphatic heterocycles. The molecule has 0 radical (unpaired) electrons. The van der Waals surface area contributed by atoms with Gasteiger partial charge in [0.05, 0.1) is 4.92 Å². The molecule has 0 unspecified atom stereocenters. The number of nitro benzene ring substituents is 1. The monoisotopic (exact) mass is 264 g/mol. The summed E-state index contributed by atoms with van der Waals surface area (Å²) in [5.41, 5.74) is 6.84. The molecule has 2 rings (SSSR count). The van der Waals surface area contributed by atoms with Crippen LogP contribution in [0.1, 0.15) is 12.8 Å². The summed E-state index contributed by atoms with van der Waals surface area (Å²) in [6.45, 7) is 3.10. The van der Waals surface area contributed by atoms with Crippen LogP contribution in [-0.4, -0.2) is 31.6 Å². The molecule has 1 heterocycles. The molecule has 0 amide bonds. The van der Waals surface area contributed by atoms with Crippen LogP contribution in [0.4, 0.5) is 17.1 Å². The third kappa shape index (κ3) is 3.35. The molecule has 0 spiro atoms. The maximum absolute atomic E-state index is 10.7. The van der Waals surface area contributed by atoms with Gasteiger partial charge in [-0.1, -0.05) is 0 Å². The number of hydrogen-bond donors (Lipinski definition) is 2. The van der Waals surface area contributed by atoms with Crippen molar-refractivity contribution in [3.8, 4) is 0 Å². The summed E-state index contributed by atoms with van der Waals surface area (Å²) in [5, 5.41) is 14.1. The van der Waals surface area contributed by atoms with E-state index in [1.54, 1.807) is 12.1 Å². The van der Waals surface area contributed by atoms with Crippen molar-refractivity contribution in [3.05, 3.63) is 28.3 Å². The molecular formula is C13H20N4O2. The molecule has 0 atom stereocenters.